The van der Waals surface area contributed by atoms with Crippen molar-refractivity contribution >= 4 is 23.0 Å². The number of aryl methyl sites for hydroxylation is 1. The molecule has 0 bridgehead atoms. The number of hydrogen-bond donors (Lipinski definition) is 2. The summed E-state index contributed by atoms with van der Waals surface area (Å²) in [5.41, 5.74) is 2.11. The van der Waals surface area contributed by atoms with Crippen LogP contribution in [0.25, 0.3) is 0 Å². The highest BCUT2D eigenvalue weighted by Crippen LogP contribution is 2.26. The average molecular weight is 292 g/mol. The Balaban J connectivity index is 1.99. The van der Waals surface area contributed by atoms with Crippen LogP contribution in [-0.2, 0) is 0 Å². The molecule has 2 N–H and O–H groups in total. The highest BCUT2D eigenvalue weighted by Gasteiger charge is 2.21. The van der Waals surface area contributed by atoms with Crippen LogP contribution >= 0.6 is 12.2 Å². The van der Waals surface area contributed by atoms with Crippen molar-refractivity contribution in [2.45, 2.75) is 45.6 Å². The van der Waals surface area contributed by atoms with Crippen LogP contribution in [0.5, 0.6) is 5.75 Å². The predicted octanol–water partition coefficient (Wildman–Crippen LogP) is 3.87. The summed E-state index contributed by atoms with van der Waals surface area (Å²) in [5.74, 6) is 1.50. The van der Waals surface area contributed by atoms with Crippen LogP contribution < -0.4 is 15.4 Å². The van der Waals surface area contributed by atoms with Crippen molar-refractivity contribution in [3.05, 3.63) is 23.8 Å². The molecule has 0 spiro atoms. The molecule has 2 atom stereocenters. The molecule has 0 aromatic heterocycles. The number of hydrogen-bond acceptors (Lipinski definition) is 2. The highest BCUT2D eigenvalue weighted by molar-refractivity contribution is 7.80. The van der Waals surface area contributed by atoms with E-state index in [1.807, 2.05) is 12.1 Å². The number of methoxy groups -OCH3 is 1. The summed E-state index contributed by atoms with van der Waals surface area (Å²) in [7, 11) is 1.68. The molecule has 0 radical (unpaired) electrons. The van der Waals surface area contributed by atoms with Crippen LogP contribution in [0.15, 0.2) is 18.2 Å². The summed E-state index contributed by atoms with van der Waals surface area (Å²) in [6, 6.07) is 6.53. The van der Waals surface area contributed by atoms with Crippen molar-refractivity contribution < 1.29 is 4.74 Å². The molecule has 3 nitrogen and oxygen atoms in total. The highest BCUT2D eigenvalue weighted by atomic mass is 32.1. The maximum Gasteiger partial charge on any atom is 0.171 e. The van der Waals surface area contributed by atoms with Gasteiger partial charge in [-0.05, 0) is 55.6 Å². The van der Waals surface area contributed by atoms with E-state index in [1.54, 1.807) is 7.11 Å². The summed E-state index contributed by atoms with van der Waals surface area (Å²) in [6.45, 7) is 4.36. The van der Waals surface area contributed by atoms with Gasteiger partial charge >= 0.3 is 0 Å². The van der Waals surface area contributed by atoms with Gasteiger partial charge in [-0.25, -0.2) is 0 Å². The fourth-order valence-corrected chi connectivity index (χ4v) is 3.04. The van der Waals surface area contributed by atoms with Crippen molar-refractivity contribution in [3.63, 3.8) is 0 Å². The van der Waals surface area contributed by atoms with Gasteiger partial charge in [-0.15, -0.1) is 0 Å². The van der Waals surface area contributed by atoms with Gasteiger partial charge in [0.2, 0.25) is 0 Å². The summed E-state index contributed by atoms with van der Waals surface area (Å²) in [4.78, 5) is 0. The maximum absolute atomic E-state index is 5.44. The Morgan fingerprint density at radius 1 is 1.30 bits per heavy atom. The lowest BCUT2D eigenvalue weighted by molar-refractivity contribution is 0.309. The van der Waals surface area contributed by atoms with Gasteiger partial charge in [0.25, 0.3) is 0 Å². The van der Waals surface area contributed by atoms with Crippen LogP contribution in [0.4, 0.5) is 5.69 Å². The van der Waals surface area contributed by atoms with E-state index in [-0.39, 0.29) is 0 Å². The fourth-order valence-electron chi connectivity index (χ4n) is 2.78. The summed E-state index contributed by atoms with van der Waals surface area (Å²) >= 11 is 5.44. The van der Waals surface area contributed by atoms with Crippen molar-refractivity contribution in [1.82, 2.24) is 5.32 Å². The van der Waals surface area contributed by atoms with E-state index >= 15 is 0 Å². The molecule has 1 fully saturated rings. The Morgan fingerprint density at radius 2 is 2.05 bits per heavy atom. The fraction of sp³-hybridized carbons (Fsp3) is 0.562. The first-order valence-corrected chi connectivity index (χ1v) is 7.73. The Bertz CT molecular complexity index is 476. The Morgan fingerprint density at radius 3 is 2.75 bits per heavy atom. The number of thiocarbonyl (C=S) groups is 1. The normalized spacial score (nSPS) is 22.1. The molecule has 1 aromatic rings. The first-order valence-electron chi connectivity index (χ1n) is 7.32. The second-order valence-corrected chi connectivity index (χ2v) is 6.08. The molecule has 20 heavy (non-hydrogen) atoms. The van der Waals surface area contributed by atoms with E-state index in [1.165, 1.54) is 31.2 Å². The number of nitrogens with one attached hydrogen (secondary N) is 2. The molecular formula is C16H24N2OS. The number of anilines is 1. The third-order valence-electron chi connectivity index (χ3n) is 4.03. The number of rotatable bonds is 3. The van der Waals surface area contributed by atoms with Gasteiger partial charge in [0.05, 0.1) is 12.8 Å². The first-order chi connectivity index (χ1) is 9.60. The molecule has 0 aliphatic heterocycles. The van der Waals surface area contributed by atoms with E-state index in [0.29, 0.717) is 17.1 Å². The minimum absolute atomic E-state index is 0.486. The first kappa shape index (κ1) is 15.1. The Kier molecular flexibility index (Phi) is 5.24. The van der Waals surface area contributed by atoms with Crippen molar-refractivity contribution in [1.29, 1.82) is 0 Å². The van der Waals surface area contributed by atoms with Crippen LogP contribution in [0.3, 0.4) is 0 Å². The molecule has 0 unspecified atom stereocenters. The van der Waals surface area contributed by atoms with E-state index in [9.17, 15) is 0 Å². The monoisotopic (exact) mass is 292 g/mol. The lowest BCUT2D eigenvalue weighted by Gasteiger charge is -2.30. The largest absolute Gasteiger partial charge is 0.495 e. The molecule has 2 rings (SSSR count). The van der Waals surface area contributed by atoms with Crippen molar-refractivity contribution in [2.75, 3.05) is 12.4 Å². The molecule has 1 aromatic carbocycles. The summed E-state index contributed by atoms with van der Waals surface area (Å²) in [5, 5.41) is 7.41. The molecule has 1 saturated carbocycles. The van der Waals surface area contributed by atoms with Gasteiger partial charge in [-0.3, -0.25) is 0 Å². The molecule has 1 aliphatic carbocycles. The van der Waals surface area contributed by atoms with Gasteiger partial charge in [0.1, 0.15) is 5.75 Å². The minimum atomic E-state index is 0.486. The second-order valence-electron chi connectivity index (χ2n) is 5.67. The SMILES string of the molecule is COc1ccc(C)cc1NC(=S)N[C@H]1CCCC[C@H]1C. The van der Waals surface area contributed by atoms with Gasteiger partial charge in [-0.2, -0.15) is 0 Å². The zero-order valence-electron chi connectivity index (χ0n) is 12.5. The smallest absolute Gasteiger partial charge is 0.171 e. The summed E-state index contributed by atoms with van der Waals surface area (Å²) in [6.07, 6.45) is 5.12. The molecular weight excluding hydrogens is 268 g/mol. The average Bonchev–Trinajstić information content (AvgIpc) is 2.41. The Hall–Kier alpha value is -1.29. The van der Waals surface area contributed by atoms with Gasteiger partial charge in [-0.1, -0.05) is 25.8 Å². The van der Waals surface area contributed by atoms with E-state index in [0.717, 1.165) is 11.4 Å². The lowest BCUT2D eigenvalue weighted by atomic mass is 9.86. The zero-order valence-corrected chi connectivity index (χ0v) is 13.3. The van der Waals surface area contributed by atoms with E-state index in [4.69, 9.17) is 17.0 Å². The second kappa shape index (κ2) is 6.93. The maximum atomic E-state index is 5.44. The third kappa shape index (κ3) is 3.85. The molecule has 110 valence electrons. The van der Waals surface area contributed by atoms with Gasteiger partial charge < -0.3 is 15.4 Å². The molecule has 1 aliphatic rings. The molecule has 4 heteroatoms. The van der Waals surface area contributed by atoms with Crippen LogP contribution in [0.2, 0.25) is 0 Å². The molecule has 0 saturated heterocycles. The zero-order chi connectivity index (χ0) is 14.5. The quantitative estimate of drug-likeness (QED) is 0.829. The van der Waals surface area contributed by atoms with Gasteiger partial charge in [0.15, 0.2) is 5.11 Å². The number of ether oxygens (including phenoxy) is 1. The van der Waals surface area contributed by atoms with E-state index in [2.05, 4.69) is 30.5 Å². The minimum Gasteiger partial charge on any atom is -0.495 e. The standard InChI is InChI=1S/C16H24N2OS/c1-11-8-9-15(19-3)14(10-11)18-16(20)17-13-7-5-4-6-12(13)2/h8-10,12-13H,4-7H2,1-3H3,(H2,17,18,20)/t12-,13+/m1/s1. The van der Waals surface area contributed by atoms with Crippen LogP contribution in [0, 0.1) is 12.8 Å². The topological polar surface area (TPSA) is 33.3 Å². The van der Waals surface area contributed by atoms with Gasteiger partial charge in [0, 0.05) is 6.04 Å². The Labute approximate surface area is 127 Å². The van der Waals surface area contributed by atoms with Crippen molar-refractivity contribution in [2.24, 2.45) is 5.92 Å². The van der Waals surface area contributed by atoms with Crippen LogP contribution in [-0.4, -0.2) is 18.3 Å². The van der Waals surface area contributed by atoms with Crippen LogP contribution in [0.1, 0.15) is 38.2 Å². The predicted molar refractivity (Wildman–Crippen MR) is 88.5 cm³/mol. The third-order valence-corrected chi connectivity index (χ3v) is 4.25. The lowest BCUT2D eigenvalue weighted by Crippen LogP contribution is -2.43. The molecule has 0 amide bonds. The summed E-state index contributed by atoms with van der Waals surface area (Å²) < 4.78 is 5.36. The van der Waals surface area contributed by atoms with E-state index < -0.39 is 0 Å². The molecule has 0 heterocycles. The van der Waals surface area contributed by atoms with Crippen molar-refractivity contribution in [3.8, 4) is 5.75 Å². The number of benzene rings is 1.